The second-order valence-electron chi connectivity index (χ2n) is 4.72. The summed E-state index contributed by atoms with van der Waals surface area (Å²) in [5, 5.41) is 0. The third-order valence-corrected chi connectivity index (χ3v) is 3.45. The van der Waals surface area contributed by atoms with Crippen molar-refractivity contribution in [1.29, 1.82) is 0 Å². The molecule has 0 atom stereocenters. The number of carbonyl (C=O) groups excluding carboxylic acids is 1. The first-order chi connectivity index (χ1) is 9.45. The number of carbonyl (C=O) groups is 1. The molecular weight excluding hydrogens is 271 g/mol. The van der Waals surface area contributed by atoms with Crippen LogP contribution < -0.4 is 0 Å². The van der Waals surface area contributed by atoms with E-state index in [2.05, 4.69) is 6.58 Å². The highest BCUT2D eigenvalue weighted by molar-refractivity contribution is 5.99. The van der Waals surface area contributed by atoms with E-state index in [0.29, 0.717) is 6.42 Å². The van der Waals surface area contributed by atoms with E-state index in [1.165, 1.54) is 16.9 Å². The standard InChI is InChI=1S/C14H16F3NO2/c1-2-20-8-7-18-11-6-4-3-5-10(11)9-12(18)13(19)14(15,16)17/h2,9H,1,3-8H2. The minimum atomic E-state index is -4.85. The Morgan fingerprint density at radius 1 is 1.40 bits per heavy atom. The minimum Gasteiger partial charge on any atom is -0.500 e. The summed E-state index contributed by atoms with van der Waals surface area (Å²) in [7, 11) is 0. The Kier molecular flexibility index (Phi) is 4.20. The second kappa shape index (κ2) is 5.73. The first-order valence-electron chi connectivity index (χ1n) is 6.50. The number of hydrogen-bond acceptors (Lipinski definition) is 2. The number of rotatable bonds is 5. The lowest BCUT2D eigenvalue weighted by molar-refractivity contribution is -0.0891. The van der Waals surface area contributed by atoms with Crippen molar-refractivity contribution in [1.82, 2.24) is 4.57 Å². The lowest BCUT2D eigenvalue weighted by atomic mass is 9.98. The molecule has 0 fully saturated rings. The van der Waals surface area contributed by atoms with Gasteiger partial charge in [0, 0.05) is 5.69 Å². The molecule has 20 heavy (non-hydrogen) atoms. The predicted molar refractivity (Wildman–Crippen MR) is 67.6 cm³/mol. The van der Waals surface area contributed by atoms with Crippen molar-refractivity contribution in [2.75, 3.05) is 6.61 Å². The molecule has 1 aliphatic rings. The van der Waals surface area contributed by atoms with E-state index < -0.39 is 12.0 Å². The Balaban J connectivity index is 2.36. The van der Waals surface area contributed by atoms with E-state index >= 15 is 0 Å². The summed E-state index contributed by atoms with van der Waals surface area (Å²) in [6.07, 6.45) is -0.310. The van der Waals surface area contributed by atoms with Crippen molar-refractivity contribution < 1.29 is 22.7 Å². The van der Waals surface area contributed by atoms with Gasteiger partial charge in [0.15, 0.2) is 0 Å². The summed E-state index contributed by atoms with van der Waals surface area (Å²) in [4.78, 5) is 11.5. The molecular formula is C14H16F3NO2. The number of ether oxygens (including phenoxy) is 1. The highest BCUT2D eigenvalue weighted by atomic mass is 19.4. The van der Waals surface area contributed by atoms with Gasteiger partial charge in [-0.25, -0.2) is 0 Å². The van der Waals surface area contributed by atoms with E-state index in [4.69, 9.17) is 4.74 Å². The molecule has 0 amide bonds. The van der Waals surface area contributed by atoms with E-state index in [9.17, 15) is 18.0 Å². The fourth-order valence-electron chi connectivity index (χ4n) is 2.58. The van der Waals surface area contributed by atoms with Gasteiger partial charge >= 0.3 is 6.18 Å². The number of aromatic nitrogens is 1. The number of nitrogens with zero attached hydrogens (tertiary/aromatic N) is 1. The Hall–Kier alpha value is -1.72. The van der Waals surface area contributed by atoms with E-state index in [1.807, 2.05) is 0 Å². The van der Waals surface area contributed by atoms with Gasteiger partial charge in [0.05, 0.1) is 18.5 Å². The molecule has 6 heteroatoms. The van der Waals surface area contributed by atoms with Gasteiger partial charge in [-0.1, -0.05) is 6.58 Å². The third kappa shape index (κ3) is 2.89. The van der Waals surface area contributed by atoms with E-state index in [0.717, 1.165) is 30.5 Å². The largest absolute Gasteiger partial charge is 0.500 e. The Labute approximate surface area is 115 Å². The summed E-state index contributed by atoms with van der Waals surface area (Å²) < 4.78 is 44.4. The van der Waals surface area contributed by atoms with Crippen LogP contribution in [-0.2, 0) is 24.1 Å². The van der Waals surface area contributed by atoms with Gasteiger partial charge in [-0.05, 0) is 37.3 Å². The molecule has 0 bridgehead atoms. The second-order valence-corrected chi connectivity index (χ2v) is 4.72. The van der Waals surface area contributed by atoms with Crippen molar-refractivity contribution >= 4 is 5.78 Å². The summed E-state index contributed by atoms with van der Waals surface area (Å²) >= 11 is 0. The molecule has 0 saturated heterocycles. The van der Waals surface area contributed by atoms with Crippen LogP contribution in [0.4, 0.5) is 13.2 Å². The van der Waals surface area contributed by atoms with Gasteiger partial charge in [-0.3, -0.25) is 4.79 Å². The molecule has 0 saturated carbocycles. The first kappa shape index (κ1) is 14.7. The van der Waals surface area contributed by atoms with Crippen LogP contribution >= 0.6 is 0 Å². The molecule has 0 N–H and O–H groups in total. The van der Waals surface area contributed by atoms with Gasteiger partial charge < -0.3 is 9.30 Å². The number of hydrogen-bond donors (Lipinski definition) is 0. The van der Waals surface area contributed by atoms with Crippen LogP contribution in [0.25, 0.3) is 0 Å². The van der Waals surface area contributed by atoms with Crippen LogP contribution in [0.3, 0.4) is 0 Å². The van der Waals surface area contributed by atoms with Crippen LogP contribution in [0.1, 0.15) is 34.6 Å². The van der Waals surface area contributed by atoms with Crippen molar-refractivity contribution in [3.63, 3.8) is 0 Å². The molecule has 0 aromatic carbocycles. The summed E-state index contributed by atoms with van der Waals surface area (Å²) in [5.41, 5.74) is 1.40. The first-order valence-corrected chi connectivity index (χ1v) is 6.50. The molecule has 1 aromatic heterocycles. The van der Waals surface area contributed by atoms with Gasteiger partial charge in [0.25, 0.3) is 5.78 Å². The maximum absolute atomic E-state index is 12.7. The van der Waals surface area contributed by atoms with Crippen molar-refractivity contribution in [2.24, 2.45) is 0 Å². The van der Waals surface area contributed by atoms with Gasteiger partial charge in [0.2, 0.25) is 0 Å². The quantitative estimate of drug-likeness (QED) is 0.473. The zero-order valence-electron chi connectivity index (χ0n) is 11.0. The lowest BCUT2D eigenvalue weighted by Gasteiger charge is -2.17. The average molecular weight is 287 g/mol. The number of fused-ring (bicyclic) bond motifs is 1. The number of Topliss-reactive ketones (excluding diaryl/α,β-unsaturated/α-hetero) is 1. The topological polar surface area (TPSA) is 31.2 Å². The van der Waals surface area contributed by atoms with Crippen LogP contribution in [0, 0.1) is 0 Å². The third-order valence-electron chi connectivity index (χ3n) is 3.45. The highest BCUT2D eigenvalue weighted by Crippen LogP contribution is 2.29. The molecule has 0 radical (unpaired) electrons. The Morgan fingerprint density at radius 2 is 2.10 bits per heavy atom. The maximum atomic E-state index is 12.7. The zero-order valence-corrected chi connectivity index (χ0v) is 11.0. The van der Waals surface area contributed by atoms with Crippen molar-refractivity contribution in [3.8, 4) is 0 Å². The summed E-state index contributed by atoms with van der Waals surface area (Å²) in [5.74, 6) is -1.79. The van der Waals surface area contributed by atoms with Gasteiger partial charge in [0.1, 0.15) is 6.61 Å². The molecule has 1 aliphatic carbocycles. The fraction of sp³-hybridized carbons (Fsp3) is 0.500. The van der Waals surface area contributed by atoms with Crippen LogP contribution in [0.15, 0.2) is 18.9 Å². The number of alkyl halides is 3. The average Bonchev–Trinajstić information content (AvgIpc) is 2.76. The monoisotopic (exact) mass is 287 g/mol. The highest BCUT2D eigenvalue weighted by Gasteiger charge is 2.41. The lowest BCUT2D eigenvalue weighted by Crippen LogP contribution is -2.26. The van der Waals surface area contributed by atoms with Crippen molar-refractivity contribution in [2.45, 2.75) is 38.4 Å². The molecule has 0 unspecified atom stereocenters. The summed E-state index contributed by atoms with van der Waals surface area (Å²) in [6.45, 7) is 3.80. The van der Waals surface area contributed by atoms with Gasteiger partial charge in [-0.15, -0.1) is 0 Å². The number of aryl methyl sites for hydroxylation is 1. The molecule has 1 heterocycles. The molecule has 110 valence electrons. The smallest absolute Gasteiger partial charge is 0.456 e. The van der Waals surface area contributed by atoms with Crippen LogP contribution in [-0.4, -0.2) is 23.1 Å². The number of ketones is 1. The van der Waals surface area contributed by atoms with Crippen molar-refractivity contribution in [3.05, 3.63) is 35.9 Å². The van der Waals surface area contributed by atoms with Gasteiger partial charge in [-0.2, -0.15) is 13.2 Å². The Bertz CT molecular complexity index is 517. The normalized spacial score (nSPS) is 14.8. The molecule has 0 spiro atoms. The summed E-state index contributed by atoms with van der Waals surface area (Å²) in [6, 6.07) is 1.39. The van der Waals surface area contributed by atoms with E-state index in [1.54, 1.807) is 0 Å². The predicted octanol–water partition coefficient (Wildman–Crippen LogP) is 3.27. The molecule has 3 nitrogen and oxygen atoms in total. The zero-order chi connectivity index (χ0) is 14.8. The molecule has 1 aromatic rings. The van der Waals surface area contributed by atoms with Crippen LogP contribution in [0.5, 0.6) is 0 Å². The van der Waals surface area contributed by atoms with E-state index in [-0.39, 0.29) is 18.8 Å². The molecule has 2 rings (SSSR count). The molecule has 0 aliphatic heterocycles. The maximum Gasteiger partial charge on any atom is 0.456 e. The van der Waals surface area contributed by atoms with Crippen LogP contribution in [0.2, 0.25) is 0 Å². The minimum absolute atomic E-state index is 0.197. The number of halogens is 3. The Morgan fingerprint density at radius 3 is 2.75 bits per heavy atom. The fourth-order valence-corrected chi connectivity index (χ4v) is 2.58. The SMILES string of the molecule is C=COCCn1c(C(=O)C(F)(F)F)cc2c1CCCC2.